The maximum Gasteiger partial charge on any atom is 0.253 e. The summed E-state index contributed by atoms with van der Waals surface area (Å²) in [6.45, 7) is 8.73. The minimum atomic E-state index is -0.499. The number of rotatable bonds is 8. The Morgan fingerprint density at radius 1 is 1.20 bits per heavy atom. The van der Waals surface area contributed by atoms with Crippen LogP contribution in [0.4, 0.5) is 4.39 Å². The monoisotopic (exact) mass is 412 g/mol. The Labute approximate surface area is 179 Å². The number of halogens is 1. The van der Waals surface area contributed by atoms with E-state index in [1.807, 2.05) is 11.8 Å². The van der Waals surface area contributed by atoms with Crippen LogP contribution in [-0.2, 0) is 6.42 Å². The van der Waals surface area contributed by atoms with Crippen LogP contribution < -0.4 is 4.74 Å². The van der Waals surface area contributed by atoms with Crippen molar-refractivity contribution in [2.45, 2.75) is 33.1 Å². The molecule has 2 aromatic rings. The van der Waals surface area contributed by atoms with Crippen LogP contribution in [0.2, 0.25) is 0 Å². The van der Waals surface area contributed by atoms with Gasteiger partial charge in [0.1, 0.15) is 0 Å². The van der Waals surface area contributed by atoms with Crippen LogP contribution in [0.1, 0.15) is 41.3 Å². The van der Waals surface area contributed by atoms with E-state index in [1.165, 1.54) is 30.4 Å². The van der Waals surface area contributed by atoms with E-state index in [0.29, 0.717) is 18.0 Å². The lowest BCUT2D eigenvalue weighted by Crippen LogP contribution is -2.41. The molecule has 1 aliphatic heterocycles. The normalized spacial score (nSPS) is 15.2. The largest absolute Gasteiger partial charge is 0.494 e. The number of likely N-dealkylation sites (tertiary alicyclic amines) is 1. The average Bonchev–Trinajstić information content (AvgIpc) is 2.77. The highest BCUT2D eigenvalue weighted by Crippen LogP contribution is 2.22. The van der Waals surface area contributed by atoms with E-state index in [0.717, 1.165) is 45.4 Å². The van der Waals surface area contributed by atoms with Crippen molar-refractivity contribution in [2.24, 2.45) is 5.92 Å². The number of aryl methyl sites for hydroxylation is 1. The summed E-state index contributed by atoms with van der Waals surface area (Å²) in [5.41, 5.74) is 3.17. The van der Waals surface area contributed by atoms with Gasteiger partial charge >= 0.3 is 0 Å². The van der Waals surface area contributed by atoms with Gasteiger partial charge in [-0.2, -0.15) is 0 Å². The summed E-state index contributed by atoms with van der Waals surface area (Å²) in [5, 5.41) is 0. The molecule has 0 unspecified atom stereocenters. The number of hydrogen-bond donors (Lipinski definition) is 0. The van der Waals surface area contributed by atoms with Gasteiger partial charge < -0.3 is 14.5 Å². The van der Waals surface area contributed by atoms with Crippen molar-refractivity contribution in [3.63, 3.8) is 0 Å². The fourth-order valence-corrected chi connectivity index (χ4v) is 4.21. The van der Waals surface area contributed by atoms with E-state index in [-0.39, 0.29) is 11.7 Å². The molecular weight excluding hydrogens is 379 g/mol. The number of benzene rings is 2. The Kier molecular flexibility index (Phi) is 7.86. The van der Waals surface area contributed by atoms with Crippen molar-refractivity contribution >= 4 is 5.91 Å². The zero-order chi connectivity index (χ0) is 21.5. The maximum absolute atomic E-state index is 14.0. The van der Waals surface area contributed by atoms with Crippen LogP contribution in [0, 0.1) is 18.7 Å². The summed E-state index contributed by atoms with van der Waals surface area (Å²) in [7, 11) is 1.42. The zero-order valence-corrected chi connectivity index (χ0v) is 18.4. The van der Waals surface area contributed by atoms with Gasteiger partial charge in [0.25, 0.3) is 5.91 Å². The van der Waals surface area contributed by atoms with Gasteiger partial charge in [-0.15, -0.1) is 0 Å². The number of amides is 1. The van der Waals surface area contributed by atoms with Crippen LogP contribution in [0.3, 0.4) is 0 Å². The van der Waals surface area contributed by atoms with Crippen molar-refractivity contribution in [3.05, 3.63) is 65.0 Å². The highest BCUT2D eigenvalue weighted by atomic mass is 19.1. The molecule has 162 valence electrons. The van der Waals surface area contributed by atoms with Crippen molar-refractivity contribution in [1.82, 2.24) is 9.80 Å². The predicted octanol–water partition coefficient (Wildman–Crippen LogP) is 4.56. The summed E-state index contributed by atoms with van der Waals surface area (Å²) < 4.78 is 18.9. The Hall–Kier alpha value is -2.40. The molecule has 30 heavy (non-hydrogen) atoms. The van der Waals surface area contributed by atoms with Crippen LogP contribution in [0.25, 0.3) is 0 Å². The lowest BCUT2D eigenvalue weighted by molar-refractivity contribution is 0.0701. The standard InChI is InChI=1S/C25H33FN2O2/c1-4-28(25(29)22-9-10-24(30-3)23(26)17-22)18-20-11-14-27(15-12-20)16-13-21-8-6-5-7-19(21)2/h5-10,17,20H,4,11-16,18H2,1-3H3. The SMILES string of the molecule is CCN(CC1CCN(CCc2ccccc2C)CC1)C(=O)c1ccc(OC)c(F)c1. The van der Waals surface area contributed by atoms with Crippen molar-refractivity contribution in [1.29, 1.82) is 0 Å². The van der Waals surface area contributed by atoms with Gasteiger partial charge in [0.15, 0.2) is 11.6 Å². The topological polar surface area (TPSA) is 32.8 Å². The molecule has 1 amide bonds. The van der Waals surface area contributed by atoms with E-state index in [4.69, 9.17) is 4.74 Å². The summed E-state index contributed by atoms with van der Waals surface area (Å²) in [5.74, 6) is 0.0433. The van der Waals surface area contributed by atoms with Crippen molar-refractivity contribution in [2.75, 3.05) is 39.8 Å². The van der Waals surface area contributed by atoms with Crippen LogP contribution >= 0.6 is 0 Å². The molecule has 4 nitrogen and oxygen atoms in total. The van der Waals surface area contributed by atoms with Gasteiger partial charge in [0, 0.05) is 25.2 Å². The van der Waals surface area contributed by atoms with Crippen molar-refractivity contribution in [3.8, 4) is 5.75 Å². The third kappa shape index (κ3) is 5.60. The molecule has 2 aromatic carbocycles. The second kappa shape index (κ2) is 10.6. The van der Waals surface area contributed by atoms with E-state index in [1.54, 1.807) is 6.07 Å². The minimum absolute atomic E-state index is 0.110. The second-order valence-electron chi connectivity index (χ2n) is 8.15. The number of methoxy groups -OCH3 is 1. The molecule has 0 aliphatic carbocycles. The van der Waals surface area contributed by atoms with Gasteiger partial charge in [0.2, 0.25) is 0 Å². The number of ether oxygens (including phenoxy) is 1. The van der Waals surface area contributed by atoms with Gasteiger partial charge in [-0.3, -0.25) is 4.79 Å². The van der Waals surface area contributed by atoms with E-state index < -0.39 is 5.82 Å². The van der Waals surface area contributed by atoms with Gasteiger partial charge in [-0.1, -0.05) is 24.3 Å². The fourth-order valence-electron chi connectivity index (χ4n) is 4.21. The number of carbonyl (C=O) groups is 1. The second-order valence-corrected chi connectivity index (χ2v) is 8.15. The third-order valence-corrected chi connectivity index (χ3v) is 6.21. The number of nitrogens with zero attached hydrogens (tertiary/aromatic N) is 2. The van der Waals surface area contributed by atoms with Gasteiger partial charge in [-0.25, -0.2) is 4.39 Å². The minimum Gasteiger partial charge on any atom is -0.494 e. The van der Waals surface area contributed by atoms with Crippen LogP contribution in [-0.4, -0.2) is 55.5 Å². The Morgan fingerprint density at radius 3 is 2.57 bits per heavy atom. The number of carbonyl (C=O) groups excluding carboxylic acids is 1. The molecule has 0 atom stereocenters. The van der Waals surface area contributed by atoms with Gasteiger partial charge in [-0.05, 0) is 81.4 Å². The van der Waals surface area contributed by atoms with E-state index >= 15 is 0 Å². The molecule has 3 rings (SSSR count). The first-order chi connectivity index (χ1) is 14.5. The molecule has 5 heteroatoms. The number of piperidine rings is 1. The third-order valence-electron chi connectivity index (χ3n) is 6.21. The highest BCUT2D eigenvalue weighted by molar-refractivity contribution is 5.94. The van der Waals surface area contributed by atoms with Crippen LogP contribution in [0.15, 0.2) is 42.5 Å². The molecule has 0 saturated carbocycles. The molecule has 0 aromatic heterocycles. The first kappa shape index (κ1) is 22.3. The zero-order valence-electron chi connectivity index (χ0n) is 18.4. The summed E-state index contributed by atoms with van der Waals surface area (Å²) in [4.78, 5) is 17.2. The molecule has 1 fully saturated rings. The molecule has 0 bridgehead atoms. The smallest absolute Gasteiger partial charge is 0.253 e. The number of hydrogen-bond acceptors (Lipinski definition) is 3. The maximum atomic E-state index is 14.0. The molecule has 0 N–H and O–H groups in total. The fraction of sp³-hybridized carbons (Fsp3) is 0.480. The molecule has 0 radical (unpaired) electrons. The Morgan fingerprint density at radius 2 is 1.93 bits per heavy atom. The van der Waals surface area contributed by atoms with Crippen molar-refractivity contribution < 1.29 is 13.9 Å². The van der Waals surface area contributed by atoms with E-state index in [9.17, 15) is 9.18 Å². The Bertz CT molecular complexity index is 847. The summed E-state index contributed by atoms with van der Waals surface area (Å²) >= 11 is 0. The lowest BCUT2D eigenvalue weighted by Gasteiger charge is -2.34. The average molecular weight is 413 g/mol. The molecule has 1 heterocycles. The lowest BCUT2D eigenvalue weighted by atomic mass is 9.95. The molecular formula is C25H33FN2O2. The van der Waals surface area contributed by atoms with Crippen LogP contribution in [0.5, 0.6) is 5.75 Å². The van der Waals surface area contributed by atoms with Gasteiger partial charge in [0.05, 0.1) is 7.11 Å². The molecule has 0 spiro atoms. The predicted molar refractivity (Wildman–Crippen MR) is 119 cm³/mol. The first-order valence-corrected chi connectivity index (χ1v) is 10.9. The quantitative estimate of drug-likeness (QED) is 0.637. The summed E-state index contributed by atoms with van der Waals surface area (Å²) in [6.07, 6.45) is 3.27. The molecule has 1 aliphatic rings. The molecule has 1 saturated heterocycles. The first-order valence-electron chi connectivity index (χ1n) is 10.9. The Balaban J connectivity index is 1.49. The summed E-state index contributed by atoms with van der Waals surface area (Å²) in [6, 6.07) is 13.0. The van der Waals surface area contributed by atoms with E-state index in [2.05, 4.69) is 36.1 Å². The highest BCUT2D eigenvalue weighted by Gasteiger charge is 2.24.